The highest BCUT2D eigenvalue weighted by Crippen LogP contribution is 2.31. The van der Waals surface area contributed by atoms with Gasteiger partial charge >= 0.3 is 0 Å². The van der Waals surface area contributed by atoms with E-state index in [9.17, 15) is 8.42 Å². The van der Waals surface area contributed by atoms with E-state index in [1.165, 1.54) is 18.4 Å². The van der Waals surface area contributed by atoms with Gasteiger partial charge < -0.3 is 10.6 Å². The summed E-state index contributed by atoms with van der Waals surface area (Å²) < 4.78 is 25.4. The molecule has 1 aliphatic heterocycles. The molecular weight excluding hydrogens is 306 g/mol. The van der Waals surface area contributed by atoms with Crippen molar-refractivity contribution < 1.29 is 8.42 Å². The van der Waals surface area contributed by atoms with E-state index in [0.717, 1.165) is 31.0 Å². The first kappa shape index (κ1) is 16.5. The predicted molar refractivity (Wildman–Crippen MR) is 90.5 cm³/mol. The molecular formula is C14H23N3O2S2. The standard InChI is InChI=1S/C14H23N3O2S2/c1-4-11-10-17(7-8-20-11)14-6-5-12(9-13(14)15)21(18,19)16(2)3/h5-6,9,11H,4,7-8,10,15H2,1-3H3. The van der Waals surface area contributed by atoms with Crippen LogP contribution < -0.4 is 10.6 Å². The number of nitrogens with zero attached hydrogens (tertiary/aromatic N) is 2. The molecule has 1 atom stereocenters. The highest BCUT2D eigenvalue weighted by molar-refractivity contribution is 8.00. The average Bonchev–Trinajstić information content (AvgIpc) is 2.47. The molecule has 5 nitrogen and oxygen atoms in total. The molecule has 1 aromatic rings. The summed E-state index contributed by atoms with van der Waals surface area (Å²) in [4.78, 5) is 2.50. The van der Waals surface area contributed by atoms with Gasteiger partial charge in [0.1, 0.15) is 0 Å². The molecule has 1 aliphatic rings. The summed E-state index contributed by atoms with van der Waals surface area (Å²) in [5, 5.41) is 0.614. The van der Waals surface area contributed by atoms with Crippen LogP contribution in [0.25, 0.3) is 0 Å². The molecule has 1 heterocycles. The van der Waals surface area contributed by atoms with Crippen molar-refractivity contribution in [3.05, 3.63) is 18.2 Å². The van der Waals surface area contributed by atoms with Gasteiger partial charge in [-0.3, -0.25) is 0 Å². The smallest absolute Gasteiger partial charge is 0.242 e. The molecule has 0 bridgehead atoms. The number of anilines is 2. The van der Waals surface area contributed by atoms with Gasteiger partial charge in [-0.15, -0.1) is 0 Å². The Kier molecular flexibility index (Phi) is 5.06. The Morgan fingerprint density at radius 3 is 2.71 bits per heavy atom. The zero-order valence-electron chi connectivity index (χ0n) is 12.7. The third-order valence-corrected chi connectivity index (χ3v) is 6.90. The fourth-order valence-corrected chi connectivity index (χ4v) is 4.49. The lowest BCUT2D eigenvalue weighted by molar-refractivity contribution is 0.521. The summed E-state index contributed by atoms with van der Waals surface area (Å²) >= 11 is 1.99. The van der Waals surface area contributed by atoms with Gasteiger partial charge in [-0.25, -0.2) is 12.7 Å². The predicted octanol–water partition coefficient (Wildman–Crippen LogP) is 1.85. The topological polar surface area (TPSA) is 66.6 Å². The molecule has 0 saturated carbocycles. The van der Waals surface area contributed by atoms with E-state index >= 15 is 0 Å². The van der Waals surface area contributed by atoms with Gasteiger partial charge in [0.15, 0.2) is 0 Å². The van der Waals surface area contributed by atoms with E-state index in [0.29, 0.717) is 10.9 Å². The van der Waals surface area contributed by atoms with Crippen LogP contribution in [-0.2, 0) is 10.0 Å². The fraction of sp³-hybridized carbons (Fsp3) is 0.571. The Morgan fingerprint density at radius 2 is 2.14 bits per heavy atom. The molecule has 0 radical (unpaired) electrons. The number of benzene rings is 1. The fourth-order valence-electron chi connectivity index (χ4n) is 2.38. The van der Waals surface area contributed by atoms with E-state index in [2.05, 4.69) is 11.8 Å². The van der Waals surface area contributed by atoms with Crippen LogP contribution in [0.1, 0.15) is 13.3 Å². The highest BCUT2D eigenvalue weighted by Gasteiger charge is 2.23. The van der Waals surface area contributed by atoms with Crippen molar-refractivity contribution >= 4 is 33.2 Å². The summed E-state index contributed by atoms with van der Waals surface area (Å²) in [6.07, 6.45) is 1.13. The Bertz CT molecular complexity index is 602. The molecule has 0 aromatic heterocycles. The first-order valence-electron chi connectivity index (χ1n) is 7.05. The van der Waals surface area contributed by atoms with Crippen LogP contribution in [-0.4, -0.2) is 50.9 Å². The molecule has 1 unspecified atom stereocenters. The third kappa shape index (κ3) is 3.46. The Labute approximate surface area is 131 Å². The monoisotopic (exact) mass is 329 g/mol. The SMILES string of the molecule is CCC1CN(c2ccc(S(=O)(=O)N(C)C)cc2N)CCS1. The minimum absolute atomic E-state index is 0.243. The van der Waals surface area contributed by atoms with Gasteiger partial charge in [0.2, 0.25) is 10.0 Å². The van der Waals surface area contributed by atoms with Gasteiger partial charge in [0.05, 0.1) is 16.3 Å². The van der Waals surface area contributed by atoms with Gasteiger partial charge in [-0.1, -0.05) is 6.92 Å². The van der Waals surface area contributed by atoms with E-state index in [4.69, 9.17) is 5.73 Å². The lowest BCUT2D eigenvalue weighted by Crippen LogP contribution is -2.38. The lowest BCUT2D eigenvalue weighted by atomic mass is 10.2. The van der Waals surface area contributed by atoms with Crippen molar-refractivity contribution in [3.8, 4) is 0 Å². The average molecular weight is 329 g/mol. The molecule has 0 spiro atoms. The van der Waals surface area contributed by atoms with Gasteiger partial charge in [0.25, 0.3) is 0 Å². The number of hydrogen-bond donors (Lipinski definition) is 1. The van der Waals surface area contributed by atoms with Crippen LogP contribution in [0.4, 0.5) is 11.4 Å². The number of nitrogens with two attached hydrogens (primary N) is 1. The van der Waals surface area contributed by atoms with Crippen LogP contribution in [0.5, 0.6) is 0 Å². The zero-order valence-corrected chi connectivity index (χ0v) is 14.4. The van der Waals surface area contributed by atoms with Crippen molar-refractivity contribution in [2.75, 3.05) is 43.6 Å². The minimum Gasteiger partial charge on any atom is -0.397 e. The van der Waals surface area contributed by atoms with Crippen molar-refractivity contribution in [2.45, 2.75) is 23.5 Å². The zero-order chi connectivity index (χ0) is 15.6. The Balaban J connectivity index is 2.28. The van der Waals surface area contributed by atoms with Gasteiger partial charge in [0, 0.05) is 38.2 Å². The normalized spacial score (nSPS) is 20.0. The van der Waals surface area contributed by atoms with Gasteiger partial charge in [-0.05, 0) is 24.6 Å². The molecule has 1 aromatic carbocycles. The first-order valence-corrected chi connectivity index (χ1v) is 9.53. The molecule has 2 N–H and O–H groups in total. The maximum Gasteiger partial charge on any atom is 0.242 e. The van der Waals surface area contributed by atoms with Gasteiger partial charge in [-0.2, -0.15) is 11.8 Å². The number of thioether (sulfide) groups is 1. The molecule has 21 heavy (non-hydrogen) atoms. The molecule has 7 heteroatoms. The Hall–Kier alpha value is -0.920. The molecule has 118 valence electrons. The summed E-state index contributed by atoms with van der Waals surface area (Å²) in [6, 6.07) is 5.03. The number of nitrogen functional groups attached to an aromatic ring is 1. The van der Waals surface area contributed by atoms with E-state index in [1.54, 1.807) is 12.1 Å². The second-order valence-electron chi connectivity index (χ2n) is 5.36. The summed E-state index contributed by atoms with van der Waals surface area (Å²) in [6.45, 7) is 4.10. The number of sulfonamides is 1. The van der Waals surface area contributed by atoms with E-state index < -0.39 is 10.0 Å². The highest BCUT2D eigenvalue weighted by atomic mass is 32.2. The van der Waals surface area contributed by atoms with Crippen LogP contribution >= 0.6 is 11.8 Å². The minimum atomic E-state index is -3.43. The number of hydrogen-bond acceptors (Lipinski definition) is 5. The quantitative estimate of drug-likeness (QED) is 0.854. The Morgan fingerprint density at radius 1 is 1.43 bits per heavy atom. The van der Waals surface area contributed by atoms with Crippen LogP contribution in [0.3, 0.4) is 0 Å². The second kappa shape index (κ2) is 6.46. The maximum atomic E-state index is 12.1. The summed E-state index contributed by atoms with van der Waals surface area (Å²) in [5.41, 5.74) is 7.57. The summed E-state index contributed by atoms with van der Waals surface area (Å²) in [7, 11) is -0.390. The van der Waals surface area contributed by atoms with E-state index in [1.807, 2.05) is 17.8 Å². The maximum absolute atomic E-state index is 12.1. The van der Waals surface area contributed by atoms with E-state index in [-0.39, 0.29) is 4.90 Å². The first-order chi connectivity index (χ1) is 9.86. The molecule has 2 rings (SSSR count). The molecule has 0 amide bonds. The lowest BCUT2D eigenvalue weighted by Gasteiger charge is -2.34. The molecule has 1 fully saturated rings. The van der Waals surface area contributed by atoms with Crippen LogP contribution in [0.2, 0.25) is 0 Å². The van der Waals surface area contributed by atoms with Crippen LogP contribution in [0.15, 0.2) is 23.1 Å². The number of rotatable bonds is 4. The molecule has 1 saturated heterocycles. The third-order valence-electron chi connectivity index (χ3n) is 3.71. The molecule has 0 aliphatic carbocycles. The van der Waals surface area contributed by atoms with Crippen LogP contribution in [0, 0.1) is 0 Å². The van der Waals surface area contributed by atoms with Crippen molar-refractivity contribution in [1.82, 2.24) is 4.31 Å². The van der Waals surface area contributed by atoms with Crippen molar-refractivity contribution in [1.29, 1.82) is 0 Å². The van der Waals surface area contributed by atoms with Crippen molar-refractivity contribution in [3.63, 3.8) is 0 Å². The summed E-state index contributed by atoms with van der Waals surface area (Å²) in [5.74, 6) is 1.08. The second-order valence-corrected chi connectivity index (χ2v) is 8.92. The largest absolute Gasteiger partial charge is 0.397 e. The van der Waals surface area contributed by atoms with Crippen molar-refractivity contribution in [2.24, 2.45) is 0 Å².